The molecular weight excluding hydrogens is 449 g/mol. The van der Waals surface area contributed by atoms with Gasteiger partial charge in [0.1, 0.15) is 5.82 Å². The van der Waals surface area contributed by atoms with E-state index in [1.54, 1.807) is 4.90 Å². The summed E-state index contributed by atoms with van der Waals surface area (Å²) >= 11 is 6.11. The molecular formula is C22H29ClFN5O2Si-. The Hall–Kier alpha value is -2.39. The number of hydrogen-bond donors (Lipinski definition) is 3. The van der Waals surface area contributed by atoms with Crippen molar-refractivity contribution in [2.24, 2.45) is 0 Å². The van der Waals surface area contributed by atoms with E-state index in [0.29, 0.717) is 5.82 Å². The largest absolute Gasteiger partial charge is 0.322 e. The summed E-state index contributed by atoms with van der Waals surface area (Å²) in [6.45, 7) is 10.7. The average molecular weight is 478 g/mol. The van der Waals surface area contributed by atoms with Crippen LogP contribution in [0.2, 0.25) is 29.7 Å². The number of carbonyl (C=O) groups is 2. The van der Waals surface area contributed by atoms with Crippen molar-refractivity contribution in [2.75, 3.05) is 10.6 Å². The first-order chi connectivity index (χ1) is 14.9. The van der Waals surface area contributed by atoms with Gasteiger partial charge in [0.15, 0.2) is 5.82 Å². The van der Waals surface area contributed by atoms with Gasteiger partial charge in [-0.15, -0.1) is 8.07 Å². The zero-order valence-electron chi connectivity index (χ0n) is 19.0. The van der Waals surface area contributed by atoms with Crippen molar-refractivity contribution in [1.29, 1.82) is 0 Å². The molecule has 2 aliphatic rings. The third kappa shape index (κ3) is 3.51. The molecule has 1 saturated carbocycles. The number of anilines is 2. The maximum Gasteiger partial charge on any atom is 0.322 e. The quantitative estimate of drug-likeness (QED) is 0.494. The molecule has 7 nitrogen and oxygen atoms in total. The van der Waals surface area contributed by atoms with E-state index in [1.165, 1.54) is 18.2 Å². The highest BCUT2D eigenvalue weighted by Gasteiger charge is 2.47. The Morgan fingerprint density at radius 3 is 2.50 bits per heavy atom. The van der Waals surface area contributed by atoms with Crippen LogP contribution in [0.5, 0.6) is 0 Å². The van der Waals surface area contributed by atoms with Gasteiger partial charge < -0.3 is 15.5 Å². The fraction of sp³-hybridized carbons (Fsp3) is 0.500. The van der Waals surface area contributed by atoms with Crippen molar-refractivity contribution < 1.29 is 14.0 Å². The second-order valence-electron chi connectivity index (χ2n) is 10.3. The number of hydrogen-bond acceptors (Lipinski definition) is 3. The lowest BCUT2D eigenvalue weighted by Crippen LogP contribution is -2.52. The average Bonchev–Trinajstić information content (AvgIpc) is 3.14. The van der Waals surface area contributed by atoms with Crippen molar-refractivity contribution >= 4 is 43.1 Å². The minimum Gasteiger partial charge on any atom is -0.311 e. The highest BCUT2D eigenvalue weighted by Crippen LogP contribution is 2.56. The highest BCUT2D eigenvalue weighted by atomic mass is 35.5. The first kappa shape index (κ1) is 22.8. The van der Waals surface area contributed by atoms with E-state index in [9.17, 15) is 14.0 Å². The third-order valence-electron chi connectivity index (χ3n) is 7.19. The van der Waals surface area contributed by atoms with Crippen LogP contribution in [0.3, 0.4) is 0 Å². The summed E-state index contributed by atoms with van der Waals surface area (Å²) < 4.78 is 13.6. The molecule has 1 fully saturated rings. The molecule has 2 heterocycles. The smallest absolute Gasteiger partial charge is 0.311 e. The summed E-state index contributed by atoms with van der Waals surface area (Å²) in [5, 5.41) is 13.1. The lowest BCUT2D eigenvalue weighted by molar-refractivity contribution is -0.121. The number of H-pyrrole nitrogens is 1. The molecule has 0 spiro atoms. The summed E-state index contributed by atoms with van der Waals surface area (Å²) in [4.78, 5) is 27.9. The molecule has 1 aliphatic heterocycles. The van der Waals surface area contributed by atoms with Crippen molar-refractivity contribution in [1.82, 2.24) is 15.1 Å². The summed E-state index contributed by atoms with van der Waals surface area (Å²) in [6, 6.07) is 3.40. The van der Waals surface area contributed by atoms with Gasteiger partial charge in [0.05, 0.1) is 28.5 Å². The second kappa shape index (κ2) is 7.59. The number of nitrogens with one attached hydrogen (secondary N) is 3. The molecule has 2 aromatic rings. The maximum atomic E-state index is 13.6. The fourth-order valence-corrected chi connectivity index (χ4v) is 7.56. The first-order valence-corrected chi connectivity index (χ1v) is 14.7. The van der Waals surface area contributed by atoms with Crippen molar-refractivity contribution in [3.63, 3.8) is 0 Å². The van der Waals surface area contributed by atoms with E-state index in [1.807, 2.05) is 13.8 Å². The predicted octanol–water partition coefficient (Wildman–Crippen LogP) is 5.69. The van der Waals surface area contributed by atoms with Gasteiger partial charge in [-0.05, 0) is 32.0 Å². The molecule has 0 radical (unpaired) electrons. The predicted molar refractivity (Wildman–Crippen MR) is 126 cm³/mol. The lowest BCUT2D eigenvalue weighted by Gasteiger charge is -2.57. The number of carbonyl (C=O) groups excluding carboxylic acids is 2. The van der Waals surface area contributed by atoms with Crippen molar-refractivity contribution in [3.8, 4) is 0 Å². The zero-order valence-corrected chi connectivity index (χ0v) is 20.8. The van der Waals surface area contributed by atoms with Gasteiger partial charge >= 0.3 is 6.03 Å². The summed E-state index contributed by atoms with van der Waals surface area (Å²) in [5.41, 5.74) is 1.05. The molecule has 4 rings (SSSR count). The Bertz CT molecular complexity index is 1090. The SMILES string of the molecule is CC1(C)c2[nH]nc(NC(=O)C3([Si-](C)(C)C)CCC3)c2CN1C(=O)Nc1cc(F)ccc1Cl. The Morgan fingerprint density at radius 1 is 1.22 bits per heavy atom. The maximum absolute atomic E-state index is 13.6. The standard InChI is InChI=1S/C22H29ClFN5O2Si/c1-21(2)17-14(12-29(21)20(31)25-16-11-13(24)7-8-15(16)23)18(28-27-17)26-19(30)22(9-6-10-22)32(3,4)5/h7-8,11H,6,9-10,12H2,1-5H3,(H,25,31)(H2,26,27,28,30)/q-1. The normalized spacial score (nSPS) is 18.7. The van der Waals surface area contributed by atoms with Gasteiger partial charge in [-0.25, -0.2) is 9.18 Å². The van der Waals surface area contributed by atoms with Gasteiger partial charge in [0, 0.05) is 5.56 Å². The van der Waals surface area contributed by atoms with Crippen LogP contribution >= 0.6 is 11.6 Å². The molecule has 1 aromatic carbocycles. The van der Waals surface area contributed by atoms with Crippen LogP contribution in [0.15, 0.2) is 18.2 Å². The number of rotatable bonds is 4. The minimum absolute atomic E-state index is 0.0319. The number of urea groups is 1. The lowest BCUT2D eigenvalue weighted by atomic mass is 9.83. The van der Waals surface area contributed by atoms with E-state index in [2.05, 4.69) is 40.5 Å². The van der Waals surface area contributed by atoms with Gasteiger partial charge in [-0.3, -0.25) is 9.89 Å². The molecule has 0 bridgehead atoms. The molecule has 0 unspecified atom stereocenters. The molecule has 3 amide bonds. The molecule has 1 aromatic heterocycles. The van der Waals surface area contributed by atoms with E-state index in [4.69, 9.17) is 11.6 Å². The summed E-state index contributed by atoms with van der Waals surface area (Å²) in [7, 11) is -1.73. The monoisotopic (exact) mass is 477 g/mol. The van der Waals surface area contributed by atoms with E-state index < -0.39 is 25.5 Å². The van der Waals surface area contributed by atoms with Gasteiger partial charge in [0.25, 0.3) is 0 Å². The topological polar surface area (TPSA) is 90.1 Å². The zero-order chi connectivity index (χ0) is 23.5. The molecule has 10 heteroatoms. The number of nitrogens with zero attached hydrogens (tertiary/aromatic N) is 2. The number of halogens is 2. The molecule has 1 aliphatic carbocycles. The third-order valence-corrected chi connectivity index (χ3v) is 11.1. The fourth-order valence-electron chi connectivity index (χ4n) is 4.80. The molecule has 0 saturated heterocycles. The number of fused-ring (bicyclic) bond motifs is 1. The molecule has 32 heavy (non-hydrogen) atoms. The number of benzene rings is 1. The minimum atomic E-state index is -1.73. The first-order valence-electron chi connectivity index (χ1n) is 10.8. The van der Waals surface area contributed by atoms with Crippen LogP contribution in [0.4, 0.5) is 20.7 Å². The van der Waals surface area contributed by atoms with E-state index >= 15 is 0 Å². The number of amides is 3. The van der Waals surface area contributed by atoms with E-state index in [-0.39, 0.29) is 28.2 Å². The van der Waals surface area contributed by atoms with Crippen LogP contribution in [0.25, 0.3) is 0 Å². The van der Waals surface area contributed by atoms with Gasteiger partial charge in [0.2, 0.25) is 5.91 Å². The van der Waals surface area contributed by atoms with Crippen LogP contribution in [0, 0.1) is 5.82 Å². The van der Waals surface area contributed by atoms with Gasteiger partial charge in [-0.1, -0.05) is 35.9 Å². The Balaban J connectivity index is 1.55. The second-order valence-corrected chi connectivity index (χ2v) is 16.1. The number of aromatic nitrogens is 2. The van der Waals surface area contributed by atoms with Crippen molar-refractivity contribution in [3.05, 3.63) is 40.3 Å². The highest BCUT2D eigenvalue weighted by molar-refractivity contribution is 6.83. The van der Waals surface area contributed by atoms with Crippen LogP contribution in [0.1, 0.15) is 44.4 Å². The Kier molecular flexibility index (Phi) is 5.40. The van der Waals surface area contributed by atoms with Gasteiger partial charge in [-0.2, -0.15) is 24.7 Å². The number of aromatic amines is 1. The van der Waals surface area contributed by atoms with Crippen LogP contribution in [-0.2, 0) is 16.9 Å². The van der Waals surface area contributed by atoms with Crippen LogP contribution < -0.4 is 10.6 Å². The molecule has 0 atom stereocenters. The Morgan fingerprint density at radius 2 is 1.91 bits per heavy atom. The molecule has 3 N–H and O–H groups in total. The summed E-state index contributed by atoms with van der Waals surface area (Å²) in [5.74, 6) is 0.0169. The van der Waals surface area contributed by atoms with Crippen molar-refractivity contribution in [2.45, 2.75) is 69.9 Å². The Labute approximate surface area is 193 Å². The van der Waals surface area contributed by atoms with E-state index in [0.717, 1.165) is 30.5 Å². The van der Waals surface area contributed by atoms with Crippen LogP contribution in [-0.4, -0.2) is 35.1 Å². The molecule has 173 valence electrons. The summed E-state index contributed by atoms with van der Waals surface area (Å²) in [6.07, 6.45) is 2.89.